The fraction of sp³-hybridized carbons (Fsp3) is 0.364. The van der Waals surface area contributed by atoms with E-state index in [-0.39, 0.29) is 17.9 Å². The van der Waals surface area contributed by atoms with Gasteiger partial charge in [0, 0.05) is 36.2 Å². The first-order valence-electron chi connectivity index (χ1n) is 9.66. The summed E-state index contributed by atoms with van der Waals surface area (Å²) in [7, 11) is 0. The number of hydrogen-bond acceptors (Lipinski definition) is 4. The molecule has 4 rings (SSSR count). The van der Waals surface area contributed by atoms with Crippen LogP contribution in [0, 0.1) is 0 Å². The van der Waals surface area contributed by atoms with E-state index in [9.17, 15) is 15.0 Å². The number of amides is 1. The van der Waals surface area contributed by atoms with Gasteiger partial charge in [-0.3, -0.25) is 0 Å². The minimum absolute atomic E-state index is 0.0429. The number of phenolic OH excluding ortho intramolecular Hbond substituents is 1. The van der Waals surface area contributed by atoms with Gasteiger partial charge in [-0.25, -0.2) is 9.78 Å². The highest BCUT2D eigenvalue weighted by atomic mass is 16.5. The topological polar surface area (TPSA) is 87.3 Å². The summed E-state index contributed by atoms with van der Waals surface area (Å²) < 4.78 is 8.16. The van der Waals surface area contributed by atoms with Crippen LogP contribution in [0.5, 0.6) is 11.5 Å². The van der Waals surface area contributed by atoms with Crippen LogP contribution in [0.4, 0.5) is 4.79 Å². The van der Waals surface area contributed by atoms with Gasteiger partial charge in [0.1, 0.15) is 23.1 Å². The molecule has 0 unspecified atom stereocenters. The molecule has 1 saturated carbocycles. The molecule has 3 aromatic rings. The van der Waals surface area contributed by atoms with Crippen molar-refractivity contribution in [2.24, 2.45) is 0 Å². The Morgan fingerprint density at radius 3 is 2.52 bits per heavy atom. The number of phenols is 1. The van der Waals surface area contributed by atoms with Crippen molar-refractivity contribution in [2.45, 2.75) is 51.3 Å². The van der Waals surface area contributed by atoms with E-state index in [1.54, 1.807) is 24.7 Å². The number of ether oxygens (including phenoxy) is 1. The third kappa shape index (κ3) is 3.72. The third-order valence-corrected chi connectivity index (χ3v) is 5.34. The molecule has 2 heterocycles. The SMILES string of the molecule is CC(C)(C)N(C(=O)O)C1CC(Oc2cc(-c3ccc(O)cc3)cn3cncc23)C1. The van der Waals surface area contributed by atoms with Crippen LogP contribution in [0.3, 0.4) is 0 Å². The van der Waals surface area contributed by atoms with Crippen LogP contribution < -0.4 is 4.74 Å². The molecule has 1 aromatic carbocycles. The Morgan fingerprint density at radius 1 is 1.21 bits per heavy atom. The van der Waals surface area contributed by atoms with Gasteiger partial charge in [0.2, 0.25) is 0 Å². The molecule has 1 aliphatic rings. The fourth-order valence-corrected chi connectivity index (χ4v) is 3.92. The molecule has 29 heavy (non-hydrogen) atoms. The molecule has 0 radical (unpaired) electrons. The summed E-state index contributed by atoms with van der Waals surface area (Å²) in [6, 6.07) is 8.93. The molecule has 0 saturated heterocycles. The van der Waals surface area contributed by atoms with Crippen molar-refractivity contribution in [3.63, 3.8) is 0 Å². The lowest BCUT2D eigenvalue weighted by atomic mass is 9.85. The molecule has 0 atom stereocenters. The Hall–Kier alpha value is -3.22. The Kier molecular flexibility index (Phi) is 4.61. The molecule has 2 N–H and O–H groups in total. The van der Waals surface area contributed by atoms with E-state index in [4.69, 9.17) is 4.74 Å². The Labute approximate surface area is 169 Å². The van der Waals surface area contributed by atoms with Gasteiger partial charge in [0.25, 0.3) is 0 Å². The maximum absolute atomic E-state index is 11.7. The highest BCUT2D eigenvalue weighted by molar-refractivity contribution is 5.71. The molecule has 7 heteroatoms. The van der Waals surface area contributed by atoms with Crippen molar-refractivity contribution in [1.82, 2.24) is 14.3 Å². The minimum atomic E-state index is -0.895. The highest BCUT2D eigenvalue weighted by Crippen LogP contribution is 2.36. The van der Waals surface area contributed by atoms with Crippen molar-refractivity contribution >= 4 is 11.6 Å². The number of rotatable bonds is 4. The summed E-state index contributed by atoms with van der Waals surface area (Å²) in [5.41, 5.74) is 2.32. The third-order valence-electron chi connectivity index (χ3n) is 5.34. The van der Waals surface area contributed by atoms with E-state index >= 15 is 0 Å². The molecule has 1 fully saturated rings. The van der Waals surface area contributed by atoms with Crippen LogP contribution in [0.15, 0.2) is 49.1 Å². The summed E-state index contributed by atoms with van der Waals surface area (Å²) >= 11 is 0. The van der Waals surface area contributed by atoms with E-state index in [0.717, 1.165) is 16.6 Å². The van der Waals surface area contributed by atoms with E-state index < -0.39 is 11.6 Å². The standard InChI is InChI=1S/C22H25N3O4/c1-22(2,3)25(21(27)28)16-9-18(10-16)29-20-8-15(12-24-13-23-11-19(20)24)14-4-6-17(26)7-5-14/h4-8,11-13,16,18,26H,9-10H2,1-3H3,(H,27,28). The van der Waals surface area contributed by atoms with Crippen LogP contribution in [0.2, 0.25) is 0 Å². The fourth-order valence-electron chi connectivity index (χ4n) is 3.92. The number of carboxylic acid groups (broad SMARTS) is 1. The quantitative estimate of drug-likeness (QED) is 0.684. The summed E-state index contributed by atoms with van der Waals surface area (Å²) in [5.74, 6) is 0.936. The van der Waals surface area contributed by atoms with Crippen molar-refractivity contribution in [3.8, 4) is 22.6 Å². The minimum Gasteiger partial charge on any atom is -0.508 e. The van der Waals surface area contributed by atoms with Crippen molar-refractivity contribution in [2.75, 3.05) is 0 Å². The zero-order chi connectivity index (χ0) is 20.8. The summed E-state index contributed by atoms with van der Waals surface area (Å²) in [4.78, 5) is 17.4. The number of pyridine rings is 1. The monoisotopic (exact) mass is 395 g/mol. The maximum Gasteiger partial charge on any atom is 0.407 e. The number of carbonyl (C=O) groups is 1. The van der Waals surface area contributed by atoms with Gasteiger partial charge in [-0.05, 0) is 44.5 Å². The van der Waals surface area contributed by atoms with Crippen molar-refractivity contribution < 1.29 is 19.7 Å². The van der Waals surface area contributed by atoms with E-state index in [2.05, 4.69) is 4.98 Å². The lowest BCUT2D eigenvalue weighted by Gasteiger charge is -2.47. The van der Waals surface area contributed by atoms with Gasteiger partial charge in [0.15, 0.2) is 0 Å². The number of imidazole rings is 1. The smallest absolute Gasteiger partial charge is 0.407 e. The van der Waals surface area contributed by atoms with Gasteiger partial charge in [0.05, 0.1) is 12.5 Å². The second-order valence-electron chi connectivity index (χ2n) is 8.51. The number of benzene rings is 1. The average molecular weight is 395 g/mol. The zero-order valence-corrected chi connectivity index (χ0v) is 16.7. The number of fused-ring (bicyclic) bond motifs is 1. The van der Waals surface area contributed by atoms with Gasteiger partial charge >= 0.3 is 6.09 Å². The second-order valence-corrected chi connectivity index (χ2v) is 8.51. The predicted octanol–water partition coefficient (Wildman–Crippen LogP) is 4.40. The first-order valence-corrected chi connectivity index (χ1v) is 9.66. The number of nitrogens with zero attached hydrogens (tertiary/aromatic N) is 3. The molecule has 0 aliphatic heterocycles. The van der Waals surface area contributed by atoms with E-state index in [1.165, 1.54) is 4.90 Å². The molecule has 152 valence electrons. The van der Waals surface area contributed by atoms with Crippen LogP contribution in [0.25, 0.3) is 16.6 Å². The van der Waals surface area contributed by atoms with Crippen molar-refractivity contribution in [1.29, 1.82) is 0 Å². The maximum atomic E-state index is 11.7. The lowest BCUT2D eigenvalue weighted by Crippen LogP contribution is -2.58. The Bertz CT molecular complexity index is 1030. The van der Waals surface area contributed by atoms with Gasteiger partial charge < -0.3 is 24.3 Å². The molecule has 1 aliphatic carbocycles. The van der Waals surface area contributed by atoms with Crippen LogP contribution in [0.1, 0.15) is 33.6 Å². The number of aromatic nitrogens is 2. The lowest BCUT2D eigenvalue weighted by molar-refractivity contribution is -0.0130. The van der Waals surface area contributed by atoms with Crippen LogP contribution >= 0.6 is 0 Å². The summed E-state index contributed by atoms with van der Waals surface area (Å²) in [5, 5.41) is 19.1. The Balaban J connectivity index is 1.55. The summed E-state index contributed by atoms with van der Waals surface area (Å²) in [6.45, 7) is 5.73. The molecule has 7 nitrogen and oxygen atoms in total. The van der Waals surface area contributed by atoms with E-state index in [1.807, 2.05) is 49.6 Å². The highest BCUT2D eigenvalue weighted by Gasteiger charge is 2.42. The molecule has 0 spiro atoms. The van der Waals surface area contributed by atoms with Gasteiger partial charge in [-0.1, -0.05) is 12.1 Å². The largest absolute Gasteiger partial charge is 0.508 e. The second kappa shape index (κ2) is 6.99. The predicted molar refractivity (Wildman–Crippen MR) is 109 cm³/mol. The van der Waals surface area contributed by atoms with Gasteiger partial charge in [-0.15, -0.1) is 0 Å². The Morgan fingerprint density at radius 2 is 1.90 bits per heavy atom. The van der Waals surface area contributed by atoms with Crippen LogP contribution in [-0.4, -0.2) is 48.3 Å². The molecule has 1 amide bonds. The van der Waals surface area contributed by atoms with E-state index in [0.29, 0.717) is 18.6 Å². The molecule has 0 bridgehead atoms. The number of aromatic hydroxyl groups is 1. The summed E-state index contributed by atoms with van der Waals surface area (Å²) in [6.07, 6.45) is 5.83. The first kappa shape index (κ1) is 19.1. The first-order chi connectivity index (χ1) is 13.7. The molecular formula is C22H25N3O4. The van der Waals surface area contributed by atoms with Crippen LogP contribution in [-0.2, 0) is 0 Å². The molecule has 2 aromatic heterocycles. The van der Waals surface area contributed by atoms with Crippen molar-refractivity contribution in [3.05, 3.63) is 49.1 Å². The van der Waals surface area contributed by atoms with Gasteiger partial charge in [-0.2, -0.15) is 0 Å². The number of hydrogen-bond donors (Lipinski definition) is 2. The zero-order valence-electron chi connectivity index (χ0n) is 16.7. The normalized spacial score (nSPS) is 19.0. The molecular weight excluding hydrogens is 370 g/mol. The average Bonchev–Trinajstić information content (AvgIpc) is 3.07.